The van der Waals surface area contributed by atoms with Crippen LogP contribution in [0.3, 0.4) is 0 Å². The van der Waals surface area contributed by atoms with Crippen LogP contribution in [-0.4, -0.2) is 36.3 Å². The number of benzene rings is 1. The molecule has 1 aromatic carbocycles. The first-order valence-corrected chi connectivity index (χ1v) is 14.2. The molecule has 3 fully saturated rings. The Kier molecular flexibility index (Phi) is 6.34. The topological polar surface area (TPSA) is 78.6 Å². The minimum Gasteiger partial charge on any atom is -0.373 e. The van der Waals surface area contributed by atoms with E-state index >= 15 is 4.39 Å². The van der Waals surface area contributed by atoms with E-state index in [1.54, 1.807) is 0 Å². The fraction of sp³-hybridized carbons (Fsp3) is 0.500. The van der Waals surface area contributed by atoms with E-state index in [2.05, 4.69) is 11.3 Å². The van der Waals surface area contributed by atoms with Gasteiger partial charge in [-0.15, -0.1) is 0 Å². The average Bonchev–Trinajstić information content (AvgIpc) is 3.69. The number of halogens is 2. The first-order chi connectivity index (χ1) is 19.0. The molecule has 4 aromatic rings. The number of fused-ring (bicyclic) bond motifs is 1. The molecule has 0 bridgehead atoms. The van der Waals surface area contributed by atoms with Gasteiger partial charge in [-0.25, -0.2) is 28.7 Å². The van der Waals surface area contributed by atoms with Gasteiger partial charge >= 0.3 is 0 Å². The molecule has 39 heavy (non-hydrogen) atoms. The van der Waals surface area contributed by atoms with Crippen LogP contribution in [0.5, 0.6) is 0 Å². The normalized spacial score (nSPS) is 22.4. The fourth-order valence-electron chi connectivity index (χ4n) is 6.19. The molecular weight excluding hydrogens is 498 g/mol. The van der Waals surface area contributed by atoms with E-state index in [-0.39, 0.29) is 17.6 Å². The van der Waals surface area contributed by atoms with Crippen molar-refractivity contribution in [1.82, 2.24) is 29.7 Å². The van der Waals surface area contributed by atoms with Gasteiger partial charge in [0.15, 0.2) is 5.65 Å². The van der Waals surface area contributed by atoms with E-state index < -0.39 is 11.6 Å². The first kappa shape index (κ1) is 24.7. The van der Waals surface area contributed by atoms with Crippen molar-refractivity contribution < 1.29 is 13.5 Å². The molecule has 3 aliphatic rings. The Morgan fingerprint density at radius 3 is 2.56 bits per heavy atom. The maximum absolute atomic E-state index is 15.2. The third-order valence-corrected chi connectivity index (χ3v) is 8.50. The van der Waals surface area contributed by atoms with E-state index in [0.29, 0.717) is 47.7 Å². The van der Waals surface area contributed by atoms with Gasteiger partial charge in [-0.05, 0) is 57.6 Å². The van der Waals surface area contributed by atoms with Crippen molar-refractivity contribution in [1.29, 1.82) is 0 Å². The van der Waals surface area contributed by atoms with Gasteiger partial charge in [0, 0.05) is 41.8 Å². The molecule has 1 saturated heterocycles. The van der Waals surface area contributed by atoms with Gasteiger partial charge in [0.1, 0.15) is 28.7 Å². The Labute approximate surface area is 226 Å². The molecule has 7 nitrogen and oxygen atoms in total. The average molecular weight is 531 g/mol. The summed E-state index contributed by atoms with van der Waals surface area (Å²) in [7, 11) is 0. The van der Waals surface area contributed by atoms with Crippen LogP contribution in [0.2, 0.25) is 0 Å². The Hall–Kier alpha value is -3.33. The number of nitrogens with zero attached hydrogens (tertiary/aromatic N) is 6. The zero-order chi connectivity index (χ0) is 26.5. The Balaban J connectivity index is 1.30. The fourth-order valence-corrected chi connectivity index (χ4v) is 6.19. The van der Waals surface area contributed by atoms with Gasteiger partial charge in [-0.3, -0.25) is 4.68 Å². The van der Waals surface area contributed by atoms with Crippen LogP contribution < -0.4 is 0 Å². The molecule has 0 unspecified atom stereocenters. The van der Waals surface area contributed by atoms with E-state index in [4.69, 9.17) is 24.7 Å². The lowest BCUT2D eigenvalue weighted by Gasteiger charge is -2.28. The summed E-state index contributed by atoms with van der Waals surface area (Å²) in [6.45, 7) is 2.55. The zero-order valence-electron chi connectivity index (χ0n) is 22.1. The van der Waals surface area contributed by atoms with Crippen molar-refractivity contribution in [3.8, 4) is 11.3 Å². The molecule has 0 N–H and O–H groups in total. The van der Waals surface area contributed by atoms with E-state index in [1.165, 1.54) is 44.2 Å². The third-order valence-electron chi connectivity index (χ3n) is 8.50. The summed E-state index contributed by atoms with van der Waals surface area (Å²) in [4.78, 5) is 19.7. The van der Waals surface area contributed by atoms with Crippen molar-refractivity contribution >= 4 is 11.2 Å². The minimum atomic E-state index is -0.667. The number of rotatable bonds is 5. The first-order valence-electron chi connectivity index (χ1n) is 14.2. The molecule has 0 radical (unpaired) electrons. The molecule has 3 aromatic heterocycles. The summed E-state index contributed by atoms with van der Waals surface area (Å²) in [6.07, 6.45) is 13.4. The molecule has 2 saturated carbocycles. The van der Waals surface area contributed by atoms with Crippen LogP contribution in [0.15, 0.2) is 30.6 Å². The number of aryl methyl sites for hydroxylation is 1. The number of hydrogen-bond donors (Lipinski definition) is 0. The molecular formula is C30H32F2N6O. The Morgan fingerprint density at radius 2 is 1.77 bits per heavy atom. The van der Waals surface area contributed by atoms with Crippen molar-refractivity contribution in [2.75, 3.05) is 6.61 Å². The summed E-state index contributed by atoms with van der Waals surface area (Å²) in [6, 6.07) is 4.11. The lowest BCUT2D eigenvalue weighted by Crippen LogP contribution is -2.21. The Morgan fingerprint density at radius 1 is 0.923 bits per heavy atom. The third kappa shape index (κ3) is 4.81. The van der Waals surface area contributed by atoms with Crippen LogP contribution in [-0.2, 0) is 4.74 Å². The quantitative estimate of drug-likeness (QED) is 0.280. The Bertz CT molecular complexity index is 1530. The summed E-state index contributed by atoms with van der Waals surface area (Å²) < 4.78 is 37.2. The number of ether oxygens (including phenoxy) is 1. The predicted octanol–water partition coefficient (Wildman–Crippen LogP) is 6.89. The highest BCUT2D eigenvalue weighted by Gasteiger charge is 2.31. The van der Waals surface area contributed by atoms with Crippen LogP contribution in [0.4, 0.5) is 8.78 Å². The maximum Gasteiger partial charge on any atom is 0.182 e. The monoisotopic (exact) mass is 530 g/mol. The van der Waals surface area contributed by atoms with Crippen LogP contribution in [0.25, 0.3) is 22.4 Å². The number of hydrogen-bond acceptors (Lipinski definition) is 6. The summed E-state index contributed by atoms with van der Waals surface area (Å²) in [5.41, 5.74) is 4.40. The summed E-state index contributed by atoms with van der Waals surface area (Å²) >= 11 is 0. The molecule has 7 rings (SSSR count). The second kappa shape index (κ2) is 10.0. The van der Waals surface area contributed by atoms with Gasteiger partial charge in [-0.2, -0.15) is 5.10 Å². The van der Waals surface area contributed by atoms with Crippen LogP contribution >= 0.6 is 0 Å². The molecule has 0 amide bonds. The molecule has 1 aliphatic heterocycles. The van der Waals surface area contributed by atoms with E-state index in [1.807, 2.05) is 17.8 Å². The second-order valence-electron chi connectivity index (χ2n) is 11.3. The molecule has 2 aliphatic carbocycles. The van der Waals surface area contributed by atoms with Gasteiger partial charge in [-0.1, -0.05) is 19.3 Å². The molecule has 4 heterocycles. The maximum atomic E-state index is 15.2. The van der Waals surface area contributed by atoms with Crippen LogP contribution in [0, 0.1) is 18.6 Å². The lowest BCUT2D eigenvalue weighted by molar-refractivity contribution is 0.00396. The molecule has 9 heteroatoms. The van der Waals surface area contributed by atoms with Gasteiger partial charge in [0.25, 0.3) is 0 Å². The summed E-state index contributed by atoms with van der Waals surface area (Å²) in [5, 5.41) is 4.53. The van der Waals surface area contributed by atoms with Gasteiger partial charge in [0.2, 0.25) is 0 Å². The molecule has 2 atom stereocenters. The van der Waals surface area contributed by atoms with Crippen molar-refractivity contribution in [2.45, 2.75) is 88.7 Å². The van der Waals surface area contributed by atoms with Gasteiger partial charge in [0.05, 0.1) is 29.7 Å². The lowest BCUT2D eigenvalue weighted by atomic mass is 9.86. The highest BCUT2D eigenvalue weighted by Crippen LogP contribution is 2.40. The predicted molar refractivity (Wildman–Crippen MR) is 142 cm³/mol. The summed E-state index contributed by atoms with van der Waals surface area (Å²) in [5.74, 6) is -0.365. The zero-order valence-corrected chi connectivity index (χ0v) is 22.1. The van der Waals surface area contributed by atoms with E-state index in [9.17, 15) is 4.39 Å². The van der Waals surface area contributed by atoms with Crippen molar-refractivity contribution in [2.24, 2.45) is 0 Å². The standard InChI is InChI=1S/C30H32F2N6O/c1-17-26(18-5-3-2-4-6-18)35-28-27(23-10-7-21(31)14-24(23)32)36-29(37-30(28)34-17)19-11-12-39-25(13-19)20-15-33-38(16-20)22-8-9-22/h7,10,14-16,18-19,22,25H,2-6,8-9,11-13H2,1H3/t19-,25+/m1/s1. The smallest absolute Gasteiger partial charge is 0.182 e. The second-order valence-corrected chi connectivity index (χ2v) is 11.3. The van der Waals surface area contributed by atoms with Crippen LogP contribution in [0.1, 0.15) is 105 Å². The largest absolute Gasteiger partial charge is 0.373 e. The highest BCUT2D eigenvalue weighted by atomic mass is 19.1. The highest BCUT2D eigenvalue weighted by molar-refractivity contribution is 5.87. The SMILES string of the molecule is Cc1nc2nc([C@@H]3CCO[C@H](c4cnn(C5CC5)c4)C3)nc(-c3ccc(F)cc3F)c2nc1C1CCCCC1. The van der Waals surface area contributed by atoms with Crippen molar-refractivity contribution in [3.63, 3.8) is 0 Å². The minimum absolute atomic E-state index is 0.000174. The van der Waals surface area contributed by atoms with E-state index in [0.717, 1.165) is 42.3 Å². The van der Waals surface area contributed by atoms with Gasteiger partial charge < -0.3 is 4.74 Å². The van der Waals surface area contributed by atoms with Crippen molar-refractivity contribution in [3.05, 3.63) is 65.0 Å². The molecule has 202 valence electrons. The number of aromatic nitrogens is 6. The molecule has 0 spiro atoms.